The van der Waals surface area contributed by atoms with Crippen LogP contribution >= 0.6 is 0 Å². The van der Waals surface area contributed by atoms with Crippen molar-refractivity contribution in [1.82, 2.24) is 19.9 Å². The van der Waals surface area contributed by atoms with Crippen molar-refractivity contribution in [2.75, 3.05) is 0 Å². The largest absolute Gasteiger partial charge is 2.00 e. The SMILES string of the molecule is Cc1ccc(-c2c3nc(c(-c4ccc(C)cc4)c4ccc([nH]4)c(-c4ccc(C)cc4)c4nc(c(-c5ccc(C)cc5)c5ccc2[nH]5)C=C4)C=C3)cc1.[Fe+2]. The molecule has 0 saturated heterocycles. The second-order valence-corrected chi connectivity index (χ2v) is 14.0. The maximum absolute atomic E-state index is 5.41. The standard InChI is InChI=1S/C48H38N4.Fe/c1-29-5-13-33(14-6-29)45-37-21-23-39(49-37)46(34-15-7-30(2)8-16-34)41-25-27-43(51-41)48(36-19-11-32(4)12-20-36)44-28-26-42(52-44)47(40-24-22-38(45)50-40)35-17-9-31(3)10-18-35;/h5-28,49,52H,1-4H3;/q;+2. The van der Waals surface area contributed by atoms with Gasteiger partial charge < -0.3 is 9.97 Å². The molecule has 0 radical (unpaired) electrons. The fourth-order valence-corrected chi connectivity index (χ4v) is 7.30. The van der Waals surface area contributed by atoms with Gasteiger partial charge in [0.15, 0.2) is 0 Å². The van der Waals surface area contributed by atoms with Gasteiger partial charge in [-0.15, -0.1) is 0 Å². The Hall–Kier alpha value is -6.00. The van der Waals surface area contributed by atoms with Crippen molar-refractivity contribution in [3.8, 4) is 44.5 Å². The van der Waals surface area contributed by atoms with E-state index in [0.717, 1.165) is 89.4 Å². The van der Waals surface area contributed by atoms with Crippen LogP contribution in [0.15, 0.2) is 121 Å². The molecule has 2 N–H and O–H groups in total. The first-order valence-corrected chi connectivity index (χ1v) is 17.8. The molecule has 7 aromatic rings. The maximum atomic E-state index is 5.41. The number of aryl methyl sites for hydroxylation is 4. The van der Waals surface area contributed by atoms with Gasteiger partial charge >= 0.3 is 17.1 Å². The van der Waals surface area contributed by atoms with Crippen molar-refractivity contribution in [3.63, 3.8) is 0 Å². The van der Waals surface area contributed by atoms with Crippen LogP contribution in [0, 0.1) is 27.7 Å². The summed E-state index contributed by atoms with van der Waals surface area (Å²) < 4.78 is 0. The Bertz CT molecular complexity index is 2350. The summed E-state index contributed by atoms with van der Waals surface area (Å²) in [7, 11) is 0. The number of aromatic amines is 2. The normalized spacial score (nSPS) is 11.8. The first-order valence-electron chi connectivity index (χ1n) is 17.8. The van der Waals surface area contributed by atoms with Gasteiger partial charge in [-0.05, 0) is 98.5 Å². The summed E-state index contributed by atoms with van der Waals surface area (Å²) in [6.45, 7) is 8.49. The van der Waals surface area contributed by atoms with E-state index in [0.29, 0.717) is 0 Å². The van der Waals surface area contributed by atoms with E-state index in [1.54, 1.807) is 0 Å². The van der Waals surface area contributed by atoms with Crippen LogP contribution in [-0.4, -0.2) is 19.9 Å². The molecule has 9 rings (SSSR count). The van der Waals surface area contributed by atoms with Crippen LogP contribution in [0.5, 0.6) is 0 Å². The fraction of sp³-hybridized carbons (Fsp3) is 0.0833. The van der Waals surface area contributed by atoms with Gasteiger partial charge in [0.05, 0.1) is 22.8 Å². The van der Waals surface area contributed by atoms with Crippen LogP contribution in [-0.2, 0) is 17.1 Å². The van der Waals surface area contributed by atoms with Crippen LogP contribution < -0.4 is 0 Å². The molecule has 2 aliphatic rings. The molecule has 8 bridgehead atoms. The summed E-state index contributed by atoms with van der Waals surface area (Å²) in [6, 6.07) is 43.6. The van der Waals surface area contributed by atoms with E-state index in [-0.39, 0.29) is 17.1 Å². The average molecular weight is 727 g/mol. The Morgan fingerprint density at radius 1 is 0.302 bits per heavy atom. The number of H-pyrrole nitrogens is 2. The van der Waals surface area contributed by atoms with Crippen molar-refractivity contribution >= 4 is 46.4 Å². The molecule has 5 heterocycles. The van der Waals surface area contributed by atoms with Gasteiger partial charge in [-0.2, -0.15) is 0 Å². The number of nitrogens with zero attached hydrogens (tertiary/aromatic N) is 2. The van der Waals surface area contributed by atoms with E-state index in [1.165, 1.54) is 22.3 Å². The van der Waals surface area contributed by atoms with Gasteiger partial charge in [0.2, 0.25) is 0 Å². The number of fused-ring (bicyclic) bond motifs is 8. The van der Waals surface area contributed by atoms with Gasteiger partial charge in [0.1, 0.15) is 0 Å². The van der Waals surface area contributed by atoms with E-state index in [9.17, 15) is 0 Å². The van der Waals surface area contributed by atoms with Crippen LogP contribution in [0.4, 0.5) is 0 Å². The van der Waals surface area contributed by atoms with E-state index in [4.69, 9.17) is 9.97 Å². The minimum Gasteiger partial charge on any atom is -0.354 e. The van der Waals surface area contributed by atoms with E-state index in [2.05, 4.69) is 183 Å². The van der Waals surface area contributed by atoms with Crippen molar-refractivity contribution in [1.29, 1.82) is 0 Å². The summed E-state index contributed by atoms with van der Waals surface area (Å²) >= 11 is 0. The second kappa shape index (κ2) is 13.9. The molecule has 0 amide bonds. The zero-order chi connectivity index (χ0) is 35.3. The Balaban J connectivity index is 0.00000400. The Morgan fingerprint density at radius 2 is 0.509 bits per heavy atom. The molecule has 0 unspecified atom stereocenters. The molecule has 0 fully saturated rings. The zero-order valence-electron chi connectivity index (χ0n) is 30.1. The molecule has 4 aromatic carbocycles. The van der Waals surface area contributed by atoms with Gasteiger partial charge in [-0.25, -0.2) is 9.97 Å². The first kappa shape index (κ1) is 34.1. The van der Waals surface area contributed by atoms with Crippen molar-refractivity contribution in [3.05, 3.63) is 166 Å². The predicted octanol–water partition coefficient (Wildman–Crippen LogP) is 12.6. The molecule has 0 atom stereocenters. The summed E-state index contributed by atoms with van der Waals surface area (Å²) in [5.41, 5.74) is 21.1. The van der Waals surface area contributed by atoms with Crippen LogP contribution in [0.3, 0.4) is 0 Å². The molecular weight excluding hydrogens is 688 g/mol. The minimum atomic E-state index is 0. The van der Waals surface area contributed by atoms with Gasteiger partial charge in [0.25, 0.3) is 0 Å². The van der Waals surface area contributed by atoms with Crippen molar-refractivity contribution in [2.45, 2.75) is 27.7 Å². The Morgan fingerprint density at radius 3 is 0.717 bits per heavy atom. The Kier molecular flexibility index (Phi) is 8.91. The third-order valence-electron chi connectivity index (χ3n) is 10.1. The van der Waals surface area contributed by atoms with E-state index < -0.39 is 0 Å². The fourth-order valence-electron chi connectivity index (χ4n) is 7.30. The zero-order valence-corrected chi connectivity index (χ0v) is 31.2. The van der Waals surface area contributed by atoms with Gasteiger partial charge in [0, 0.05) is 44.3 Å². The van der Waals surface area contributed by atoms with Crippen molar-refractivity contribution in [2.24, 2.45) is 0 Å². The third kappa shape index (κ3) is 6.40. The van der Waals surface area contributed by atoms with Crippen LogP contribution in [0.1, 0.15) is 45.0 Å². The predicted molar refractivity (Wildman–Crippen MR) is 220 cm³/mol. The molecule has 3 aromatic heterocycles. The molecule has 0 saturated carbocycles. The first-order chi connectivity index (χ1) is 25.4. The van der Waals surface area contributed by atoms with Crippen LogP contribution in [0.25, 0.3) is 90.9 Å². The summed E-state index contributed by atoms with van der Waals surface area (Å²) in [4.78, 5) is 18.5. The number of hydrogen-bond donors (Lipinski definition) is 2. The third-order valence-corrected chi connectivity index (χ3v) is 10.1. The number of rotatable bonds is 4. The quantitative estimate of drug-likeness (QED) is 0.177. The molecule has 0 aliphatic carbocycles. The van der Waals surface area contributed by atoms with Gasteiger partial charge in [-0.1, -0.05) is 119 Å². The number of hydrogen-bond acceptors (Lipinski definition) is 2. The summed E-state index contributed by atoms with van der Waals surface area (Å²) in [6.07, 6.45) is 8.61. The smallest absolute Gasteiger partial charge is 0.354 e. The number of nitrogens with one attached hydrogen (secondary N) is 2. The topological polar surface area (TPSA) is 57.4 Å². The Labute approximate surface area is 320 Å². The molecule has 256 valence electrons. The monoisotopic (exact) mass is 726 g/mol. The molecule has 2 aliphatic heterocycles. The average Bonchev–Trinajstić information content (AvgIpc) is 3.99. The van der Waals surface area contributed by atoms with E-state index >= 15 is 0 Å². The minimum absolute atomic E-state index is 0. The second-order valence-electron chi connectivity index (χ2n) is 14.0. The molecule has 53 heavy (non-hydrogen) atoms. The summed E-state index contributed by atoms with van der Waals surface area (Å²) in [5.74, 6) is 0. The number of aromatic nitrogens is 4. The van der Waals surface area contributed by atoms with E-state index in [1.807, 2.05) is 0 Å². The molecule has 4 nitrogen and oxygen atoms in total. The molecule has 5 heteroatoms. The van der Waals surface area contributed by atoms with Gasteiger partial charge in [-0.3, -0.25) is 0 Å². The van der Waals surface area contributed by atoms with Crippen molar-refractivity contribution < 1.29 is 17.1 Å². The van der Waals surface area contributed by atoms with Crippen LogP contribution in [0.2, 0.25) is 0 Å². The molecular formula is C48H38FeN4+2. The summed E-state index contributed by atoms with van der Waals surface area (Å²) in [5, 5.41) is 0. The molecule has 0 spiro atoms. The maximum Gasteiger partial charge on any atom is 2.00 e. The number of benzene rings is 4.